The third-order valence-electron chi connectivity index (χ3n) is 1.30. The van der Waals surface area contributed by atoms with Gasteiger partial charge in [0.05, 0.1) is 0 Å². The second-order valence-electron chi connectivity index (χ2n) is 1.98. The quantitative estimate of drug-likeness (QED) is 0.641. The zero-order valence-electron chi connectivity index (χ0n) is 6.04. The molecule has 0 aliphatic carbocycles. The zero-order valence-corrected chi connectivity index (χ0v) is 6.04. The third-order valence-corrected chi connectivity index (χ3v) is 1.30. The normalized spacial score (nSPS) is 9.09. The van der Waals surface area contributed by atoms with Gasteiger partial charge in [-0.2, -0.15) is 0 Å². The van der Waals surface area contributed by atoms with Crippen molar-refractivity contribution in [3.8, 4) is 0 Å². The Kier molecular flexibility index (Phi) is 2.06. The molecule has 0 N–H and O–H groups in total. The molecule has 0 spiro atoms. The van der Waals surface area contributed by atoms with Gasteiger partial charge in [0.2, 0.25) is 0 Å². The molecule has 11 heavy (non-hydrogen) atoms. The summed E-state index contributed by atoms with van der Waals surface area (Å²) in [5, 5.41) is 0. The van der Waals surface area contributed by atoms with Gasteiger partial charge in [-0.1, -0.05) is 19.2 Å². The van der Waals surface area contributed by atoms with Crippen molar-refractivity contribution < 1.29 is 4.42 Å². The maximum absolute atomic E-state index is 10.7. The molecule has 0 unspecified atom stereocenters. The Labute approximate surface area is 64.5 Å². The first-order valence-corrected chi connectivity index (χ1v) is 3.17. The minimum Gasteiger partial charge on any atom is -0.423 e. The van der Waals surface area contributed by atoms with Crippen LogP contribution in [0.15, 0.2) is 34.5 Å². The Morgan fingerprint density at radius 1 is 1.27 bits per heavy atom. The van der Waals surface area contributed by atoms with Crippen molar-refractivity contribution in [2.45, 2.75) is 0 Å². The molecule has 56 valence electrons. The molecule has 1 aromatic rings. The van der Waals surface area contributed by atoms with E-state index in [1.807, 2.05) is 0 Å². The van der Waals surface area contributed by atoms with Crippen molar-refractivity contribution in [1.29, 1.82) is 0 Å². The Balaban J connectivity index is 3.38. The monoisotopic (exact) mass is 148 g/mol. The van der Waals surface area contributed by atoms with E-state index in [4.69, 9.17) is 4.42 Å². The lowest BCUT2D eigenvalue weighted by Gasteiger charge is -1.95. The van der Waals surface area contributed by atoms with Crippen LogP contribution >= 0.6 is 0 Å². The van der Waals surface area contributed by atoms with Gasteiger partial charge in [0.1, 0.15) is 5.76 Å². The second kappa shape index (κ2) is 3.01. The maximum atomic E-state index is 10.7. The van der Waals surface area contributed by atoms with E-state index in [1.54, 1.807) is 12.1 Å². The molecule has 2 heteroatoms. The predicted molar refractivity (Wildman–Crippen MR) is 45.2 cm³/mol. The summed E-state index contributed by atoms with van der Waals surface area (Å²) in [5.41, 5.74) is 0.408. The Morgan fingerprint density at radius 3 is 2.55 bits per heavy atom. The maximum Gasteiger partial charge on any atom is 0.336 e. The van der Waals surface area contributed by atoms with Crippen molar-refractivity contribution >= 4 is 12.2 Å². The molecule has 1 heterocycles. The summed E-state index contributed by atoms with van der Waals surface area (Å²) in [5.74, 6) is 0.465. The highest BCUT2D eigenvalue weighted by Crippen LogP contribution is 2.07. The molecule has 0 aliphatic heterocycles. The fraction of sp³-hybridized carbons (Fsp3) is 0. The molecule has 1 aromatic heterocycles. The highest BCUT2D eigenvalue weighted by atomic mass is 16.4. The van der Waals surface area contributed by atoms with E-state index >= 15 is 0 Å². The average molecular weight is 148 g/mol. The lowest BCUT2D eigenvalue weighted by molar-refractivity contribution is 0.500. The standard InChI is InChI=1S/C9H8O2/c1-3-7-5-6-9(10)11-8(7)4-2/h3-6H,1-2H2. The summed E-state index contributed by atoms with van der Waals surface area (Å²) in [7, 11) is 0. The summed E-state index contributed by atoms with van der Waals surface area (Å²) in [6.45, 7) is 7.06. The largest absolute Gasteiger partial charge is 0.423 e. The number of hydrogen-bond donors (Lipinski definition) is 0. The van der Waals surface area contributed by atoms with E-state index in [1.165, 1.54) is 12.1 Å². The van der Waals surface area contributed by atoms with Gasteiger partial charge in [-0.25, -0.2) is 4.79 Å². The van der Waals surface area contributed by atoms with Gasteiger partial charge in [0.15, 0.2) is 0 Å². The van der Waals surface area contributed by atoms with Crippen LogP contribution in [0.5, 0.6) is 0 Å². The SMILES string of the molecule is C=Cc1ccc(=O)oc1C=C. The summed E-state index contributed by atoms with van der Waals surface area (Å²) in [4.78, 5) is 10.7. The van der Waals surface area contributed by atoms with Crippen molar-refractivity contribution in [3.63, 3.8) is 0 Å². The Hall–Kier alpha value is -1.57. The topological polar surface area (TPSA) is 30.2 Å². The van der Waals surface area contributed by atoms with Gasteiger partial charge in [0.25, 0.3) is 0 Å². The van der Waals surface area contributed by atoms with E-state index in [9.17, 15) is 4.79 Å². The molecule has 0 aliphatic rings. The van der Waals surface area contributed by atoms with Crippen molar-refractivity contribution in [3.05, 3.63) is 47.0 Å². The molecule has 0 bridgehead atoms. The zero-order chi connectivity index (χ0) is 8.27. The molecular weight excluding hydrogens is 140 g/mol. The lowest BCUT2D eigenvalue weighted by atomic mass is 10.2. The van der Waals surface area contributed by atoms with Crippen LogP contribution in [-0.2, 0) is 0 Å². The smallest absolute Gasteiger partial charge is 0.336 e. The van der Waals surface area contributed by atoms with Crippen LogP contribution in [0.1, 0.15) is 11.3 Å². The molecule has 0 saturated heterocycles. The van der Waals surface area contributed by atoms with E-state index in [2.05, 4.69) is 13.2 Å². The van der Waals surface area contributed by atoms with Crippen LogP contribution in [0, 0.1) is 0 Å². The summed E-state index contributed by atoms with van der Waals surface area (Å²) < 4.78 is 4.80. The lowest BCUT2D eigenvalue weighted by Crippen LogP contribution is -1.97. The molecule has 0 atom stereocenters. The predicted octanol–water partition coefficient (Wildman–Crippen LogP) is 1.93. The Bertz CT molecular complexity index is 334. The highest BCUT2D eigenvalue weighted by Gasteiger charge is 1.96. The van der Waals surface area contributed by atoms with Crippen LogP contribution in [-0.4, -0.2) is 0 Å². The molecule has 1 rings (SSSR count). The number of rotatable bonds is 2. The average Bonchev–Trinajstić information content (AvgIpc) is 2.04. The third kappa shape index (κ3) is 1.46. The van der Waals surface area contributed by atoms with Gasteiger partial charge in [-0.15, -0.1) is 0 Å². The molecule has 0 fully saturated rings. The van der Waals surface area contributed by atoms with Crippen molar-refractivity contribution in [2.24, 2.45) is 0 Å². The van der Waals surface area contributed by atoms with Crippen LogP contribution in [0.4, 0.5) is 0 Å². The van der Waals surface area contributed by atoms with E-state index in [-0.39, 0.29) is 5.63 Å². The first kappa shape index (κ1) is 7.54. The highest BCUT2D eigenvalue weighted by molar-refractivity contribution is 5.58. The first-order chi connectivity index (χ1) is 5.27. The molecule has 0 aromatic carbocycles. The fourth-order valence-electron chi connectivity index (χ4n) is 0.769. The summed E-state index contributed by atoms with van der Waals surface area (Å²) in [6.07, 6.45) is 3.10. The van der Waals surface area contributed by atoms with Gasteiger partial charge in [-0.3, -0.25) is 0 Å². The van der Waals surface area contributed by atoms with E-state index in [0.717, 1.165) is 5.56 Å². The molecule has 0 amide bonds. The van der Waals surface area contributed by atoms with Gasteiger partial charge >= 0.3 is 5.63 Å². The summed E-state index contributed by atoms with van der Waals surface area (Å²) >= 11 is 0. The first-order valence-electron chi connectivity index (χ1n) is 3.17. The van der Waals surface area contributed by atoms with E-state index < -0.39 is 0 Å². The fourth-order valence-corrected chi connectivity index (χ4v) is 0.769. The minimum absolute atomic E-state index is 0.370. The number of hydrogen-bond acceptors (Lipinski definition) is 2. The molecular formula is C9H8O2. The van der Waals surface area contributed by atoms with Crippen molar-refractivity contribution in [1.82, 2.24) is 0 Å². The van der Waals surface area contributed by atoms with Crippen LogP contribution in [0.25, 0.3) is 12.2 Å². The Morgan fingerprint density at radius 2 is 2.00 bits per heavy atom. The minimum atomic E-state index is -0.370. The van der Waals surface area contributed by atoms with Gasteiger partial charge < -0.3 is 4.42 Å². The van der Waals surface area contributed by atoms with Crippen LogP contribution in [0.2, 0.25) is 0 Å². The molecule has 0 saturated carbocycles. The molecule has 2 nitrogen and oxygen atoms in total. The summed E-state index contributed by atoms with van der Waals surface area (Å²) in [6, 6.07) is 3.00. The second-order valence-corrected chi connectivity index (χ2v) is 1.98. The van der Waals surface area contributed by atoms with Crippen molar-refractivity contribution in [2.75, 3.05) is 0 Å². The van der Waals surface area contributed by atoms with Gasteiger partial charge in [-0.05, 0) is 12.1 Å². The molecule has 0 radical (unpaired) electrons. The van der Waals surface area contributed by atoms with Crippen LogP contribution < -0.4 is 5.63 Å². The van der Waals surface area contributed by atoms with E-state index in [0.29, 0.717) is 5.76 Å². The van der Waals surface area contributed by atoms with Crippen LogP contribution in [0.3, 0.4) is 0 Å². The van der Waals surface area contributed by atoms with Gasteiger partial charge in [0, 0.05) is 11.6 Å².